The summed E-state index contributed by atoms with van der Waals surface area (Å²) in [5, 5.41) is 12.3. The summed E-state index contributed by atoms with van der Waals surface area (Å²) in [6.45, 7) is 1.65. The molecule has 0 saturated heterocycles. The van der Waals surface area contributed by atoms with Gasteiger partial charge < -0.3 is 19.9 Å². The monoisotopic (exact) mass is 265 g/mol. The summed E-state index contributed by atoms with van der Waals surface area (Å²) in [5.74, 6) is 0.889. The van der Waals surface area contributed by atoms with E-state index in [1.54, 1.807) is 25.1 Å². The topological polar surface area (TPSA) is 67.8 Å². The standard InChI is InChI=1S/C14H19NO4/c1-9(16)10-3-6-12(13(7-10)18-2)19-8-14(17)15-11-4-5-11/h3,6-7,9,11,16H,4-5,8H2,1-2H3,(H,15,17). The molecule has 19 heavy (non-hydrogen) atoms. The Hall–Kier alpha value is -1.75. The van der Waals surface area contributed by atoms with Gasteiger partial charge in [0.2, 0.25) is 0 Å². The van der Waals surface area contributed by atoms with Crippen molar-refractivity contribution in [3.05, 3.63) is 23.8 Å². The lowest BCUT2D eigenvalue weighted by atomic mass is 10.1. The van der Waals surface area contributed by atoms with Crippen molar-refractivity contribution in [2.75, 3.05) is 13.7 Å². The number of carbonyl (C=O) groups is 1. The molecule has 0 bridgehead atoms. The number of methoxy groups -OCH3 is 1. The molecule has 5 heteroatoms. The molecular weight excluding hydrogens is 246 g/mol. The molecule has 1 atom stereocenters. The zero-order valence-electron chi connectivity index (χ0n) is 11.2. The molecule has 0 spiro atoms. The summed E-state index contributed by atoms with van der Waals surface area (Å²) >= 11 is 0. The molecule has 5 nitrogen and oxygen atoms in total. The number of nitrogens with one attached hydrogen (secondary N) is 1. The normalized spacial score (nSPS) is 15.7. The molecule has 1 aromatic carbocycles. The van der Waals surface area contributed by atoms with E-state index < -0.39 is 6.10 Å². The van der Waals surface area contributed by atoms with Crippen molar-refractivity contribution in [2.45, 2.75) is 31.9 Å². The van der Waals surface area contributed by atoms with Crippen LogP contribution in [0.1, 0.15) is 31.4 Å². The van der Waals surface area contributed by atoms with E-state index in [0.717, 1.165) is 18.4 Å². The van der Waals surface area contributed by atoms with Crippen LogP contribution >= 0.6 is 0 Å². The second kappa shape index (κ2) is 5.93. The Morgan fingerprint density at radius 2 is 2.21 bits per heavy atom. The fourth-order valence-electron chi connectivity index (χ4n) is 1.70. The molecule has 1 amide bonds. The Morgan fingerprint density at radius 3 is 2.79 bits per heavy atom. The van der Waals surface area contributed by atoms with Crippen LogP contribution in [0.15, 0.2) is 18.2 Å². The van der Waals surface area contributed by atoms with E-state index in [2.05, 4.69) is 5.32 Å². The summed E-state index contributed by atoms with van der Waals surface area (Å²) in [5.41, 5.74) is 0.742. The number of carbonyl (C=O) groups excluding carboxylic acids is 1. The first-order chi connectivity index (χ1) is 9.10. The highest BCUT2D eigenvalue weighted by Gasteiger charge is 2.23. The Balaban J connectivity index is 1.96. The number of aliphatic hydroxyl groups is 1. The van der Waals surface area contributed by atoms with Gasteiger partial charge in [0.25, 0.3) is 5.91 Å². The number of hydrogen-bond donors (Lipinski definition) is 2. The molecule has 104 valence electrons. The van der Waals surface area contributed by atoms with Gasteiger partial charge in [-0.2, -0.15) is 0 Å². The van der Waals surface area contributed by atoms with Crippen molar-refractivity contribution in [3.8, 4) is 11.5 Å². The number of rotatable bonds is 6. The predicted octanol–water partition coefficient (Wildman–Crippen LogP) is 1.41. The van der Waals surface area contributed by atoms with E-state index in [9.17, 15) is 9.90 Å². The number of amides is 1. The molecule has 1 aliphatic carbocycles. The Labute approximate surface area is 112 Å². The van der Waals surface area contributed by atoms with Gasteiger partial charge in [-0.3, -0.25) is 4.79 Å². The molecule has 0 aromatic heterocycles. The number of aliphatic hydroxyl groups excluding tert-OH is 1. The van der Waals surface area contributed by atoms with E-state index in [4.69, 9.17) is 9.47 Å². The van der Waals surface area contributed by atoms with Gasteiger partial charge in [-0.15, -0.1) is 0 Å². The maximum absolute atomic E-state index is 11.5. The van der Waals surface area contributed by atoms with Gasteiger partial charge >= 0.3 is 0 Å². The highest BCUT2D eigenvalue weighted by molar-refractivity contribution is 5.78. The number of ether oxygens (including phenoxy) is 2. The van der Waals surface area contributed by atoms with Crippen LogP contribution < -0.4 is 14.8 Å². The van der Waals surface area contributed by atoms with E-state index in [0.29, 0.717) is 17.5 Å². The van der Waals surface area contributed by atoms with E-state index in [1.165, 1.54) is 7.11 Å². The zero-order chi connectivity index (χ0) is 13.8. The highest BCUT2D eigenvalue weighted by atomic mass is 16.5. The SMILES string of the molecule is COc1cc(C(C)O)ccc1OCC(=O)NC1CC1. The van der Waals surface area contributed by atoms with Crippen molar-refractivity contribution in [3.63, 3.8) is 0 Å². The number of hydrogen-bond acceptors (Lipinski definition) is 4. The maximum Gasteiger partial charge on any atom is 0.258 e. The largest absolute Gasteiger partial charge is 0.493 e. The molecule has 1 fully saturated rings. The van der Waals surface area contributed by atoms with Gasteiger partial charge in [0.05, 0.1) is 13.2 Å². The molecule has 1 aromatic rings. The van der Waals surface area contributed by atoms with Crippen LogP contribution in [-0.2, 0) is 4.79 Å². The van der Waals surface area contributed by atoms with Crippen molar-refractivity contribution in [2.24, 2.45) is 0 Å². The first-order valence-corrected chi connectivity index (χ1v) is 6.38. The minimum Gasteiger partial charge on any atom is -0.493 e. The quantitative estimate of drug-likeness (QED) is 0.816. The summed E-state index contributed by atoms with van der Waals surface area (Å²) < 4.78 is 10.6. The van der Waals surface area contributed by atoms with E-state index in [-0.39, 0.29) is 12.5 Å². The van der Waals surface area contributed by atoms with Gasteiger partial charge in [-0.1, -0.05) is 6.07 Å². The van der Waals surface area contributed by atoms with Crippen LogP contribution in [0.5, 0.6) is 11.5 Å². The molecule has 1 unspecified atom stereocenters. The highest BCUT2D eigenvalue weighted by Crippen LogP contribution is 2.30. The molecule has 0 aliphatic heterocycles. The van der Waals surface area contributed by atoms with Gasteiger partial charge in [0.1, 0.15) is 0 Å². The second-order valence-corrected chi connectivity index (χ2v) is 4.72. The number of benzene rings is 1. The minimum absolute atomic E-state index is 0.0269. The van der Waals surface area contributed by atoms with Gasteiger partial charge in [0.15, 0.2) is 18.1 Å². The Kier molecular flexibility index (Phi) is 4.27. The lowest BCUT2D eigenvalue weighted by molar-refractivity contribution is -0.123. The van der Waals surface area contributed by atoms with Crippen molar-refractivity contribution >= 4 is 5.91 Å². The lowest BCUT2D eigenvalue weighted by Gasteiger charge is -2.13. The lowest BCUT2D eigenvalue weighted by Crippen LogP contribution is -2.30. The van der Waals surface area contributed by atoms with Crippen LogP contribution in [0.2, 0.25) is 0 Å². The summed E-state index contributed by atoms with van der Waals surface area (Å²) in [6, 6.07) is 5.49. The average molecular weight is 265 g/mol. The first kappa shape index (κ1) is 13.7. The van der Waals surface area contributed by atoms with Crippen molar-refractivity contribution in [1.82, 2.24) is 5.32 Å². The average Bonchev–Trinajstić information content (AvgIpc) is 3.19. The third-order valence-electron chi connectivity index (χ3n) is 2.97. The van der Waals surface area contributed by atoms with Crippen LogP contribution in [0.25, 0.3) is 0 Å². The predicted molar refractivity (Wildman–Crippen MR) is 70.3 cm³/mol. The van der Waals surface area contributed by atoms with Gasteiger partial charge in [0, 0.05) is 6.04 Å². The molecule has 0 radical (unpaired) electrons. The summed E-state index contributed by atoms with van der Waals surface area (Å²) in [7, 11) is 1.53. The van der Waals surface area contributed by atoms with Crippen molar-refractivity contribution in [1.29, 1.82) is 0 Å². The van der Waals surface area contributed by atoms with E-state index >= 15 is 0 Å². The Morgan fingerprint density at radius 1 is 1.47 bits per heavy atom. The van der Waals surface area contributed by atoms with Crippen molar-refractivity contribution < 1.29 is 19.4 Å². The fraction of sp³-hybridized carbons (Fsp3) is 0.500. The minimum atomic E-state index is -0.568. The molecular formula is C14H19NO4. The molecule has 0 heterocycles. The van der Waals surface area contributed by atoms with Gasteiger partial charge in [-0.25, -0.2) is 0 Å². The third-order valence-corrected chi connectivity index (χ3v) is 2.97. The molecule has 2 N–H and O–H groups in total. The van der Waals surface area contributed by atoms with Crippen LogP contribution in [0, 0.1) is 0 Å². The third kappa shape index (κ3) is 3.86. The maximum atomic E-state index is 11.5. The molecule has 2 rings (SSSR count). The summed E-state index contributed by atoms with van der Waals surface area (Å²) in [6.07, 6.45) is 1.54. The molecule has 1 aliphatic rings. The summed E-state index contributed by atoms with van der Waals surface area (Å²) in [4.78, 5) is 11.5. The molecule has 1 saturated carbocycles. The Bertz CT molecular complexity index is 455. The van der Waals surface area contributed by atoms with Gasteiger partial charge in [-0.05, 0) is 37.5 Å². The van der Waals surface area contributed by atoms with E-state index in [1.807, 2.05) is 0 Å². The van der Waals surface area contributed by atoms with Crippen LogP contribution in [-0.4, -0.2) is 30.8 Å². The second-order valence-electron chi connectivity index (χ2n) is 4.72. The van der Waals surface area contributed by atoms with Crippen LogP contribution in [0.3, 0.4) is 0 Å². The first-order valence-electron chi connectivity index (χ1n) is 6.38. The smallest absolute Gasteiger partial charge is 0.258 e. The van der Waals surface area contributed by atoms with Crippen LogP contribution in [0.4, 0.5) is 0 Å². The zero-order valence-corrected chi connectivity index (χ0v) is 11.2. The fourth-order valence-corrected chi connectivity index (χ4v) is 1.70.